The quantitative estimate of drug-likeness (QED) is 0.420. The normalized spacial score (nSPS) is 11.6. The van der Waals surface area contributed by atoms with Crippen molar-refractivity contribution in [3.05, 3.63) is 39.8 Å². The summed E-state index contributed by atoms with van der Waals surface area (Å²) in [7, 11) is 1.66. The number of alkyl halides is 2. The first kappa shape index (κ1) is 22.9. The van der Waals surface area contributed by atoms with Crippen LogP contribution in [0.3, 0.4) is 0 Å². The van der Waals surface area contributed by atoms with Crippen molar-refractivity contribution in [1.29, 1.82) is 0 Å². The standard InChI is InChI=1S/C20H28F2N4O2S/c1-4-10-27-16-7-6-14(17(11-16)28-19(21)22)12-25-20(23-3)24-9-8-15-13-29-18(5-2)26-15/h6-7,11,13,19H,4-5,8-10,12H2,1-3H3,(H2,23,24,25). The number of ether oxygens (including phenoxy) is 2. The molecule has 0 unspecified atom stereocenters. The second-order valence-electron chi connectivity index (χ2n) is 6.19. The molecule has 0 amide bonds. The van der Waals surface area contributed by atoms with E-state index in [1.54, 1.807) is 30.5 Å². The third kappa shape index (κ3) is 7.84. The van der Waals surface area contributed by atoms with E-state index in [-0.39, 0.29) is 12.3 Å². The molecule has 0 aliphatic carbocycles. The molecular weight excluding hydrogens is 398 g/mol. The number of halogens is 2. The molecule has 0 spiro atoms. The molecule has 0 aliphatic heterocycles. The van der Waals surface area contributed by atoms with Crippen molar-refractivity contribution in [2.45, 2.75) is 46.3 Å². The van der Waals surface area contributed by atoms with E-state index < -0.39 is 6.61 Å². The summed E-state index contributed by atoms with van der Waals surface area (Å²) in [4.78, 5) is 8.70. The Labute approximate surface area is 174 Å². The third-order valence-electron chi connectivity index (χ3n) is 3.97. The highest BCUT2D eigenvalue weighted by molar-refractivity contribution is 7.09. The molecule has 0 saturated heterocycles. The van der Waals surface area contributed by atoms with Gasteiger partial charge in [0.1, 0.15) is 11.5 Å². The Bertz CT molecular complexity index is 784. The first-order valence-corrected chi connectivity index (χ1v) is 10.5. The molecule has 0 atom stereocenters. The molecule has 0 saturated carbocycles. The van der Waals surface area contributed by atoms with E-state index in [0.29, 0.717) is 30.4 Å². The highest BCUT2D eigenvalue weighted by atomic mass is 32.1. The number of thiazole rings is 1. The Balaban J connectivity index is 1.91. The Morgan fingerprint density at radius 2 is 2.10 bits per heavy atom. The van der Waals surface area contributed by atoms with Gasteiger partial charge in [0.15, 0.2) is 5.96 Å². The summed E-state index contributed by atoms with van der Waals surface area (Å²) in [5, 5.41) is 9.51. The maximum Gasteiger partial charge on any atom is 0.387 e. The molecule has 29 heavy (non-hydrogen) atoms. The molecule has 0 bridgehead atoms. The van der Waals surface area contributed by atoms with Crippen LogP contribution in [0.1, 0.15) is 36.5 Å². The second kappa shape index (κ2) is 12.2. The van der Waals surface area contributed by atoms with Gasteiger partial charge in [0.05, 0.1) is 17.3 Å². The molecular formula is C20H28F2N4O2S. The summed E-state index contributed by atoms with van der Waals surface area (Å²) in [5.74, 6) is 1.17. The molecule has 160 valence electrons. The Hall–Kier alpha value is -2.42. The van der Waals surface area contributed by atoms with Crippen LogP contribution in [0.5, 0.6) is 11.5 Å². The van der Waals surface area contributed by atoms with Crippen molar-refractivity contribution in [2.75, 3.05) is 20.2 Å². The minimum absolute atomic E-state index is 0.0890. The number of aryl methyl sites for hydroxylation is 1. The van der Waals surface area contributed by atoms with Crippen LogP contribution in [0.15, 0.2) is 28.6 Å². The number of aliphatic imine (C=N–C) groups is 1. The molecule has 0 radical (unpaired) electrons. The molecule has 9 heteroatoms. The smallest absolute Gasteiger partial charge is 0.387 e. The molecule has 1 aromatic carbocycles. The predicted octanol–water partition coefficient (Wildman–Crippen LogP) is 4.00. The highest BCUT2D eigenvalue weighted by Gasteiger charge is 2.12. The number of aromatic nitrogens is 1. The average molecular weight is 427 g/mol. The van der Waals surface area contributed by atoms with Crippen molar-refractivity contribution in [2.24, 2.45) is 4.99 Å². The predicted molar refractivity (Wildman–Crippen MR) is 112 cm³/mol. The summed E-state index contributed by atoms with van der Waals surface area (Å²) in [6.45, 7) is 2.62. The molecule has 2 N–H and O–H groups in total. The van der Waals surface area contributed by atoms with Crippen LogP contribution in [-0.2, 0) is 19.4 Å². The zero-order valence-electron chi connectivity index (χ0n) is 17.0. The Morgan fingerprint density at radius 3 is 2.76 bits per heavy atom. The molecule has 1 aromatic heterocycles. The zero-order chi connectivity index (χ0) is 21.1. The van der Waals surface area contributed by atoms with Gasteiger partial charge in [-0.25, -0.2) is 4.98 Å². The van der Waals surface area contributed by atoms with Crippen LogP contribution in [0.25, 0.3) is 0 Å². The van der Waals surface area contributed by atoms with Gasteiger partial charge in [0, 0.05) is 43.6 Å². The van der Waals surface area contributed by atoms with Gasteiger partial charge in [0.2, 0.25) is 0 Å². The third-order valence-corrected chi connectivity index (χ3v) is 5.01. The second-order valence-corrected chi connectivity index (χ2v) is 7.13. The number of hydrogen-bond donors (Lipinski definition) is 2. The minimum atomic E-state index is -2.90. The van der Waals surface area contributed by atoms with Crippen LogP contribution in [-0.4, -0.2) is 37.8 Å². The van der Waals surface area contributed by atoms with Gasteiger partial charge in [-0.05, 0) is 25.0 Å². The number of nitrogens with zero attached hydrogens (tertiary/aromatic N) is 2. The van der Waals surface area contributed by atoms with Crippen LogP contribution < -0.4 is 20.1 Å². The molecule has 2 rings (SSSR count). The maximum absolute atomic E-state index is 12.8. The van der Waals surface area contributed by atoms with Crippen LogP contribution >= 0.6 is 11.3 Å². The van der Waals surface area contributed by atoms with Gasteiger partial charge >= 0.3 is 6.61 Å². The monoisotopic (exact) mass is 426 g/mol. The highest BCUT2D eigenvalue weighted by Crippen LogP contribution is 2.26. The van der Waals surface area contributed by atoms with Gasteiger partial charge in [-0.15, -0.1) is 11.3 Å². The molecule has 6 nitrogen and oxygen atoms in total. The number of rotatable bonds is 11. The number of guanidine groups is 1. The van der Waals surface area contributed by atoms with E-state index in [2.05, 4.69) is 37.7 Å². The van der Waals surface area contributed by atoms with Gasteiger partial charge < -0.3 is 20.1 Å². The molecule has 2 aromatic rings. The van der Waals surface area contributed by atoms with Gasteiger partial charge in [0.25, 0.3) is 0 Å². The SMILES string of the molecule is CCCOc1ccc(CNC(=NC)NCCc2csc(CC)n2)c(OC(F)F)c1. The van der Waals surface area contributed by atoms with E-state index in [9.17, 15) is 8.78 Å². The van der Waals surface area contributed by atoms with Crippen molar-refractivity contribution in [3.63, 3.8) is 0 Å². The van der Waals surface area contributed by atoms with Crippen molar-refractivity contribution >= 4 is 17.3 Å². The summed E-state index contributed by atoms with van der Waals surface area (Å²) in [5.41, 5.74) is 1.63. The van der Waals surface area contributed by atoms with E-state index in [1.165, 1.54) is 6.07 Å². The number of nitrogens with one attached hydrogen (secondary N) is 2. The Kier molecular flexibility index (Phi) is 9.63. The van der Waals surface area contributed by atoms with Gasteiger partial charge in [-0.3, -0.25) is 4.99 Å². The topological polar surface area (TPSA) is 67.8 Å². The summed E-state index contributed by atoms with van der Waals surface area (Å²) >= 11 is 1.66. The van der Waals surface area contributed by atoms with Gasteiger partial charge in [-0.2, -0.15) is 8.78 Å². The zero-order valence-corrected chi connectivity index (χ0v) is 17.8. The largest absolute Gasteiger partial charge is 0.493 e. The van der Waals surface area contributed by atoms with Gasteiger partial charge in [-0.1, -0.05) is 13.8 Å². The fourth-order valence-corrected chi connectivity index (χ4v) is 3.31. The lowest BCUT2D eigenvalue weighted by Gasteiger charge is -2.15. The summed E-state index contributed by atoms with van der Waals surface area (Å²) < 4.78 is 35.7. The maximum atomic E-state index is 12.8. The summed E-state index contributed by atoms with van der Waals surface area (Å²) in [6, 6.07) is 4.95. The molecule has 0 fully saturated rings. The fourth-order valence-electron chi connectivity index (χ4n) is 2.53. The van der Waals surface area contributed by atoms with Crippen molar-refractivity contribution < 1.29 is 18.3 Å². The minimum Gasteiger partial charge on any atom is -0.493 e. The van der Waals surface area contributed by atoms with Crippen LogP contribution in [0, 0.1) is 0 Å². The lowest BCUT2D eigenvalue weighted by atomic mass is 10.2. The van der Waals surface area contributed by atoms with E-state index in [4.69, 9.17) is 4.74 Å². The molecule has 0 aliphatic rings. The Morgan fingerprint density at radius 1 is 1.28 bits per heavy atom. The van der Waals surface area contributed by atoms with Crippen molar-refractivity contribution in [1.82, 2.24) is 15.6 Å². The number of benzene rings is 1. The first-order valence-electron chi connectivity index (χ1n) is 9.64. The first-order chi connectivity index (χ1) is 14.0. The van der Waals surface area contributed by atoms with E-state index in [0.717, 1.165) is 30.0 Å². The van der Waals surface area contributed by atoms with Crippen LogP contribution in [0.2, 0.25) is 0 Å². The fraction of sp³-hybridized carbons (Fsp3) is 0.500. The lowest BCUT2D eigenvalue weighted by molar-refractivity contribution is -0.0505. The summed E-state index contributed by atoms with van der Waals surface area (Å²) in [6.07, 6.45) is 2.55. The van der Waals surface area contributed by atoms with E-state index >= 15 is 0 Å². The van der Waals surface area contributed by atoms with E-state index in [1.807, 2.05) is 6.92 Å². The average Bonchev–Trinajstić information content (AvgIpc) is 3.17. The number of hydrogen-bond acceptors (Lipinski definition) is 5. The van der Waals surface area contributed by atoms with Crippen LogP contribution in [0.4, 0.5) is 8.78 Å². The van der Waals surface area contributed by atoms with Crippen molar-refractivity contribution in [3.8, 4) is 11.5 Å². The lowest BCUT2D eigenvalue weighted by Crippen LogP contribution is -2.38. The molecule has 1 heterocycles.